The minimum absolute atomic E-state index is 0.0884. The molecule has 2 N–H and O–H groups in total. The average Bonchev–Trinajstić information content (AvgIpc) is 3.17. The molecule has 0 aliphatic carbocycles. The van der Waals surface area contributed by atoms with Crippen LogP contribution < -0.4 is 10.6 Å². The fourth-order valence-electron chi connectivity index (χ4n) is 3.04. The van der Waals surface area contributed by atoms with Crippen LogP contribution in [0.15, 0.2) is 60.8 Å². The molecule has 0 bridgehead atoms. The van der Waals surface area contributed by atoms with E-state index in [1.54, 1.807) is 12.1 Å². The summed E-state index contributed by atoms with van der Waals surface area (Å²) in [6.45, 7) is -0.557. The van der Waals surface area contributed by atoms with Crippen LogP contribution in [0, 0.1) is 23.3 Å². The highest BCUT2D eigenvalue weighted by molar-refractivity contribution is 6.05. The molecule has 1 heterocycles. The van der Waals surface area contributed by atoms with E-state index in [1.807, 2.05) is 30.3 Å². The molecular weight excluding hydrogens is 400 g/mol. The van der Waals surface area contributed by atoms with Gasteiger partial charge in [0.2, 0.25) is 0 Å². The van der Waals surface area contributed by atoms with E-state index in [0.29, 0.717) is 5.69 Å². The van der Waals surface area contributed by atoms with Crippen molar-refractivity contribution in [1.29, 1.82) is 0 Å². The topological polar surface area (TPSA) is 59.0 Å². The minimum Gasteiger partial charge on any atom is -0.307 e. The Kier molecular flexibility index (Phi) is 5.09. The van der Waals surface area contributed by atoms with Crippen LogP contribution in [-0.4, -0.2) is 15.8 Å². The van der Waals surface area contributed by atoms with E-state index in [0.717, 1.165) is 15.5 Å². The number of nitrogens with zero attached hydrogens (tertiary/aromatic N) is 2. The largest absolute Gasteiger partial charge is 0.324 e. The number of carbonyl (C=O) groups is 1. The summed E-state index contributed by atoms with van der Waals surface area (Å²) in [5.74, 6) is -5.89. The molecule has 0 saturated heterocycles. The van der Waals surface area contributed by atoms with Crippen molar-refractivity contribution in [3.8, 4) is 0 Å². The van der Waals surface area contributed by atoms with E-state index >= 15 is 0 Å². The second-order valence-corrected chi connectivity index (χ2v) is 6.45. The standard InChI is InChI=1S/C21H14F4N4O/c22-15-10-16(23)20(25)14(19(15)24)11-29-9-8-18(28-29)27-21(30)26-17-7-3-5-12-4-1-2-6-13(12)17/h1-10H,11H2,(H2,26,27,28,30). The fourth-order valence-corrected chi connectivity index (χ4v) is 3.04. The third-order valence-corrected chi connectivity index (χ3v) is 4.44. The van der Waals surface area contributed by atoms with Crippen LogP contribution in [0.2, 0.25) is 0 Å². The molecular formula is C21H14F4N4O. The van der Waals surface area contributed by atoms with Gasteiger partial charge in [-0.3, -0.25) is 10.00 Å². The van der Waals surface area contributed by atoms with Gasteiger partial charge in [0.1, 0.15) is 0 Å². The lowest BCUT2D eigenvalue weighted by atomic mass is 10.1. The Morgan fingerprint density at radius 2 is 1.60 bits per heavy atom. The first-order valence-corrected chi connectivity index (χ1v) is 8.83. The monoisotopic (exact) mass is 414 g/mol. The molecule has 30 heavy (non-hydrogen) atoms. The molecule has 4 aromatic rings. The maximum atomic E-state index is 13.8. The van der Waals surface area contributed by atoms with Crippen molar-refractivity contribution >= 4 is 28.3 Å². The number of carbonyl (C=O) groups excluding carboxylic acids is 1. The number of halogens is 4. The third-order valence-electron chi connectivity index (χ3n) is 4.44. The molecule has 4 rings (SSSR count). The Morgan fingerprint density at radius 1 is 0.900 bits per heavy atom. The summed E-state index contributed by atoms with van der Waals surface area (Å²) in [5, 5.41) is 11.0. The highest BCUT2D eigenvalue weighted by Crippen LogP contribution is 2.23. The maximum Gasteiger partial charge on any atom is 0.324 e. The van der Waals surface area contributed by atoms with Gasteiger partial charge in [-0.1, -0.05) is 36.4 Å². The number of fused-ring (bicyclic) bond motifs is 1. The Bertz CT molecular complexity index is 1220. The number of benzene rings is 3. The molecule has 0 unspecified atom stereocenters. The fraction of sp³-hybridized carbons (Fsp3) is 0.0476. The molecule has 0 aliphatic heterocycles. The first-order chi connectivity index (χ1) is 14.4. The SMILES string of the molecule is O=C(Nc1ccn(Cc2c(F)c(F)cc(F)c2F)n1)Nc1cccc2ccccc12. The smallest absolute Gasteiger partial charge is 0.307 e. The van der Waals surface area contributed by atoms with E-state index in [1.165, 1.54) is 12.3 Å². The number of hydrogen-bond donors (Lipinski definition) is 2. The molecule has 0 atom stereocenters. The van der Waals surface area contributed by atoms with Gasteiger partial charge in [-0.15, -0.1) is 0 Å². The lowest BCUT2D eigenvalue weighted by Crippen LogP contribution is -2.20. The van der Waals surface area contributed by atoms with E-state index < -0.39 is 41.4 Å². The van der Waals surface area contributed by atoms with Crippen molar-refractivity contribution in [1.82, 2.24) is 9.78 Å². The lowest BCUT2D eigenvalue weighted by Gasteiger charge is -2.09. The van der Waals surface area contributed by atoms with Crippen LogP contribution >= 0.6 is 0 Å². The third kappa shape index (κ3) is 3.82. The number of amides is 2. The summed E-state index contributed by atoms with van der Waals surface area (Å²) in [5.41, 5.74) is -0.216. The zero-order valence-corrected chi connectivity index (χ0v) is 15.3. The second-order valence-electron chi connectivity index (χ2n) is 6.45. The summed E-state index contributed by atoms with van der Waals surface area (Å²) in [4.78, 5) is 12.3. The van der Waals surface area contributed by atoms with Gasteiger partial charge in [0.25, 0.3) is 0 Å². The van der Waals surface area contributed by atoms with Gasteiger partial charge >= 0.3 is 6.03 Å². The van der Waals surface area contributed by atoms with Gasteiger partial charge in [0.15, 0.2) is 29.1 Å². The normalized spacial score (nSPS) is 10.9. The highest BCUT2D eigenvalue weighted by Gasteiger charge is 2.19. The van der Waals surface area contributed by atoms with Gasteiger partial charge in [-0.2, -0.15) is 5.10 Å². The quantitative estimate of drug-likeness (QED) is 0.352. The summed E-state index contributed by atoms with van der Waals surface area (Å²) in [7, 11) is 0. The molecule has 0 aliphatic rings. The Hall–Kier alpha value is -3.88. The molecule has 1 aromatic heterocycles. The number of urea groups is 1. The van der Waals surface area contributed by atoms with Crippen LogP contribution in [0.5, 0.6) is 0 Å². The predicted molar refractivity (Wildman–Crippen MR) is 104 cm³/mol. The minimum atomic E-state index is -1.50. The van der Waals surface area contributed by atoms with Crippen molar-refractivity contribution in [2.75, 3.05) is 10.6 Å². The van der Waals surface area contributed by atoms with Crippen molar-refractivity contribution < 1.29 is 22.4 Å². The van der Waals surface area contributed by atoms with Crippen LogP contribution in [-0.2, 0) is 6.54 Å². The summed E-state index contributed by atoms with van der Waals surface area (Å²) >= 11 is 0. The average molecular weight is 414 g/mol. The Morgan fingerprint density at radius 3 is 2.37 bits per heavy atom. The molecule has 0 radical (unpaired) electrons. The zero-order valence-electron chi connectivity index (χ0n) is 15.3. The molecule has 0 spiro atoms. The Labute approximate surface area is 167 Å². The maximum absolute atomic E-state index is 13.8. The lowest BCUT2D eigenvalue weighted by molar-refractivity contribution is 0.262. The van der Waals surface area contributed by atoms with Crippen LogP contribution in [0.4, 0.5) is 33.9 Å². The van der Waals surface area contributed by atoms with E-state index in [2.05, 4.69) is 15.7 Å². The first-order valence-electron chi connectivity index (χ1n) is 8.83. The summed E-state index contributed by atoms with van der Waals surface area (Å²) in [6, 6.07) is 13.9. The van der Waals surface area contributed by atoms with Crippen LogP contribution in [0.3, 0.4) is 0 Å². The van der Waals surface area contributed by atoms with Gasteiger partial charge in [-0.25, -0.2) is 22.4 Å². The molecule has 5 nitrogen and oxygen atoms in total. The van der Waals surface area contributed by atoms with Gasteiger partial charge in [0, 0.05) is 23.7 Å². The number of anilines is 2. The Balaban J connectivity index is 1.48. The molecule has 2 amide bonds. The molecule has 0 saturated carbocycles. The molecule has 152 valence electrons. The first kappa shape index (κ1) is 19.4. The van der Waals surface area contributed by atoms with E-state index in [-0.39, 0.29) is 11.9 Å². The number of aromatic nitrogens is 2. The predicted octanol–water partition coefficient (Wildman–Crippen LogP) is 5.29. The van der Waals surface area contributed by atoms with Crippen molar-refractivity contribution in [2.45, 2.75) is 6.54 Å². The van der Waals surface area contributed by atoms with E-state index in [4.69, 9.17) is 0 Å². The van der Waals surface area contributed by atoms with Gasteiger partial charge < -0.3 is 5.32 Å². The van der Waals surface area contributed by atoms with Gasteiger partial charge in [-0.05, 0) is 11.5 Å². The van der Waals surface area contributed by atoms with Crippen LogP contribution in [0.25, 0.3) is 10.8 Å². The number of nitrogens with one attached hydrogen (secondary N) is 2. The van der Waals surface area contributed by atoms with Crippen molar-refractivity contribution in [2.24, 2.45) is 0 Å². The highest BCUT2D eigenvalue weighted by atomic mass is 19.2. The number of rotatable bonds is 4. The summed E-state index contributed by atoms with van der Waals surface area (Å²) < 4.78 is 55.4. The number of hydrogen-bond acceptors (Lipinski definition) is 2. The molecule has 3 aromatic carbocycles. The second kappa shape index (κ2) is 7.86. The van der Waals surface area contributed by atoms with Crippen molar-refractivity contribution in [3.05, 3.63) is 89.6 Å². The van der Waals surface area contributed by atoms with Crippen molar-refractivity contribution in [3.63, 3.8) is 0 Å². The zero-order chi connectivity index (χ0) is 21.3. The van der Waals surface area contributed by atoms with Gasteiger partial charge in [0.05, 0.1) is 17.8 Å². The van der Waals surface area contributed by atoms with E-state index in [9.17, 15) is 22.4 Å². The summed E-state index contributed by atoms with van der Waals surface area (Å²) in [6.07, 6.45) is 1.31. The molecule has 0 fully saturated rings. The van der Waals surface area contributed by atoms with Crippen LogP contribution in [0.1, 0.15) is 5.56 Å². The molecule has 9 heteroatoms.